The van der Waals surface area contributed by atoms with E-state index in [1.165, 1.54) is 6.42 Å². The zero-order valence-electron chi connectivity index (χ0n) is 18.7. The van der Waals surface area contributed by atoms with Crippen LogP contribution in [0.3, 0.4) is 0 Å². The third-order valence-electron chi connectivity index (χ3n) is 6.30. The summed E-state index contributed by atoms with van der Waals surface area (Å²) in [6.07, 6.45) is 5.34. The second-order valence-electron chi connectivity index (χ2n) is 8.78. The van der Waals surface area contributed by atoms with Crippen LogP contribution in [-0.4, -0.2) is 55.5 Å². The summed E-state index contributed by atoms with van der Waals surface area (Å²) in [4.78, 5) is 30.2. The topological polar surface area (TPSA) is 61.9 Å². The van der Waals surface area contributed by atoms with E-state index in [1.54, 1.807) is 0 Å². The largest absolute Gasteiger partial charge is 0.492 e. The van der Waals surface area contributed by atoms with Crippen molar-refractivity contribution in [3.05, 3.63) is 24.3 Å². The van der Waals surface area contributed by atoms with Crippen molar-refractivity contribution in [2.45, 2.75) is 58.9 Å². The van der Waals surface area contributed by atoms with Gasteiger partial charge in [-0.05, 0) is 37.8 Å². The lowest BCUT2D eigenvalue weighted by Gasteiger charge is -2.39. The number of piperazine rings is 1. The van der Waals surface area contributed by atoms with Gasteiger partial charge in [0.05, 0.1) is 12.3 Å². The van der Waals surface area contributed by atoms with Gasteiger partial charge in [-0.1, -0.05) is 45.2 Å². The molecule has 166 valence electrons. The van der Waals surface area contributed by atoms with Crippen LogP contribution in [0.2, 0.25) is 0 Å². The summed E-state index contributed by atoms with van der Waals surface area (Å²) in [7, 11) is 0. The normalized spacial score (nSPS) is 18.9. The number of benzene rings is 1. The lowest BCUT2D eigenvalue weighted by Crippen LogP contribution is -2.57. The summed E-state index contributed by atoms with van der Waals surface area (Å²) >= 11 is 0. The van der Waals surface area contributed by atoms with Crippen LogP contribution in [0.25, 0.3) is 0 Å². The fraction of sp³-hybridized carbons (Fsp3) is 0.667. The van der Waals surface area contributed by atoms with Crippen LogP contribution in [-0.2, 0) is 9.59 Å². The summed E-state index contributed by atoms with van der Waals surface area (Å²) in [6, 6.07) is 7.62. The lowest BCUT2D eigenvalue weighted by molar-refractivity contribution is -0.139. The Hall–Kier alpha value is -2.24. The number of carbonyl (C=O) groups excluding carboxylic acids is 2. The van der Waals surface area contributed by atoms with Gasteiger partial charge in [0.1, 0.15) is 11.8 Å². The molecule has 3 rings (SSSR count). The fourth-order valence-corrected chi connectivity index (χ4v) is 4.51. The molecule has 0 unspecified atom stereocenters. The molecule has 1 aromatic rings. The van der Waals surface area contributed by atoms with Crippen LogP contribution in [0.15, 0.2) is 24.3 Å². The van der Waals surface area contributed by atoms with E-state index in [0.717, 1.165) is 50.2 Å². The van der Waals surface area contributed by atoms with E-state index >= 15 is 0 Å². The smallest absolute Gasteiger partial charge is 0.245 e. The van der Waals surface area contributed by atoms with Crippen LogP contribution < -0.4 is 15.0 Å². The van der Waals surface area contributed by atoms with E-state index in [1.807, 2.05) is 43.9 Å². The molecule has 6 nitrogen and oxygen atoms in total. The van der Waals surface area contributed by atoms with Gasteiger partial charge in [0.25, 0.3) is 0 Å². The van der Waals surface area contributed by atoms with Gasteiger partial charge in [-0.3, -0.25) is 9.59 Å². The van der Waals surface area contributed by atoms with Crippen molar-refractivity contribution >= 4 is 17.5 Å². The Balaban J connectivity index is 1.59. The molecule has 1 atom stereocenters. The monoisotopic (exact) mass is 415 g/mol. The van der Waals surface area contributed by atoms with Crippen molar-refractivity contribution in [2.75, 3.05) is 37.7 Å². The van der Waals surface area contributed by atoms with Crippen LogP contribution >= 0.6 is 0 Å². The molecule has 1 aliphatic carbocycles. The molecule has 1 aromatic carbocycles. The molecule has 6 heteroatoms. The number of para-hydroxylation sites is 2. The number of ether oxygens (including phenoxy) is 1. The van der Waals surface area contributed by atoms with Gasteiger partial charge in [-0.25, -0.2) is 0 Å². The van der Waals surface area contributed by atoms with Gasteiger partial charge in [0.15, 0.2) is 0 Å². The first-order chi connectivity index (χ1) is 14.5. The highest BCUT2D eigenvalue weighted by atomic mass is 16.5. The molecule has 2 fully saturated rings. The van der Waals surface area contributed by atoms with Crippen molar-refractivity contribution in [3.63, 3.8) is 0 Å². The number of anilines is 1. The minimum absolute atomic E-state index is 0.0481. The number of amides is 2. The van der Waals surface area contributed by atoms with Crippen molar-refractivity contribution < 1.29 is 14.3 Å². The second-order valence-corrected chi connectivity index (χ2v) is 8.78. The first-order valence-corrected chi connectivity index (χ1v) is 11.6. The summed E-state index contributed by atoms with van der Waals surface area (Å²) in [5.41, 5.74) is 1.08. The van der Waals surface area contributed by atoms with E-state index in [4.69, 9.17) is 4.74 Å². The molecule has 1 N–H and O–H groups in total. The minimum Gasteiger partial charge on any atom is -0.492 e. The molecule has 2 aliphatic rings. The fourth-order valence-electron chi connectivity index (χ4n) is 4.51. The van der Waals surface area contributed by atoms with Crippen LogP contribution in [0.1, 0.15) is 52.9 Å². The molecule has 0 radical (unpaired) electrons. The molecule has 30 heavy (non-hydrogen) atoms. The summed E-state index contributed by atoms with van der Waals surface area (Å²) in [5, 5.41) is 3.09. The van der Waals surface area contributed by atoms with E-state index in [-0.39, 0.29) is 23.7 Å². The first kappa shape index (κ1) is 22.4. The molecule has 0 spiro atoms. The van der Waals surface area contributed by atoms with Crippen molar-refractivity contribution in [1.82, 2.24) is 10.2 Å². The quantitative estimate of drug-likeness (QED) is 0.741. The van der Waals surface area contributed by atoms with Crippen LogP contribution in [0.4, 0.5) is 5.69 Å². The highest BCUT2D eigenvalue weighted by molar-refractivity contribution is 5.89. The Morgan fingerprint density at radius 3 is 2.37 bits per heavy atom. The SMILES string of the molecule is CCOc1ccccc1N1CCN(C(=O)[C@H](NC(=O)C2CCCCC2)C(C)C)CC1. The Bertz CT molecular complexity index is 707. The van der Waals surface area contributed by atoms with Gasteiger partial charge in [0, 0.05) is 32.1 Å². The average molecular weight is 416 g/mol. The molecule has 1 aliphatic heterocycles. The average Bonchev–Trinajstić information content (AvgIpc) is 2.78. The molecular formula is C24H37N3O3. The number of rotatable bonds is 7. The Kier molecular flexibility index (Phi) is 8.00. The van der Waals surface area contributed by atoms with Crippen LogP contribution in [0, 0.1) is 11.8 Å². The molecule has 1 saturated heterocycles. The molecule has 2 amide bonds. The Morgan fingerprint density at radius 2 is 1.73 bits per heavy atom. The summed E-state index contributed by atoms with van der Waals surface area (Å²) < 4.78 is 5.77. The molecule has 1 saturated carbocycles. The lowest BCUT2D eigenvalue weighted by atomic mass is 9.88. The zero-order chi connectivity index (χ0) is 21.5. The predicted octanol–water partition coefficient (Wildman–Crippen LogP) is 3.46. The van der Waals surface area contributed by atoms with Gasteiger partial charge < -0.3 is 19.9 Å². The van der Waals surface area contributed by atoms with E-state index in [2.05, 4.69) is 16.3 Å². The highest BCUT2D eigenvalue weighted by Gasteiger charge is 2.33. The van der Waals surface area contributed by atoms with Gasteiger partial charge in [0.2, 0.25) is 11.8 Å². The van der Waals surface area contributed by atoms with Gasteiger partial charge in [-0.2, -0.15) is 0 Å². The third kappa shape index (κ3) is 5.46. The maximum atomic E-state index is 13.2. The maximum Gasteiger partial charge on any atom is 0.245 e. The van der Waals surface area contributed by atoms with Crippen molar-refractivity contribution in [1.29, 1.82) is 0 Å². The first-order valence-electron chi connectivity index (χ1n) is 11.6. The molecule has 0 bridgehead atoms. The molecule has 0 aromatic heterocycles. The predicted molar refractivity (Wildman–Crippen MR) is 120 cm³/mol. The Labute approximate surface area is 180 Å². The number of nitrogens with one attached hydrogen (secondary N) is 1. The van der Waals surface area contributed by atoms with Gasteiger partial charge in [-0.15, -0.1) is 0 Å². The summed E-state index contributed by atoms with van der Waals surface area (Å²) in [6.45, 7) is 9.47. The highest BCUT2D eigenvalue weighted by Crippen LogP contribution is 2.29. The molecule has 1 heterocycles. The standard InChI is InChI=1S/C24H37N3O3/c1-4-30-21-13-9-8-12-20(21)26-14-16-27(17-15-26)24(29)22(18(2)3)25-23(28)19-10-6-5-7-11-19/h8-9,12-13,18-19,22H,4-7,10-11,14-17H2,1-3H3,(H,25,28)/t22-/m1/s1. The number of carbonyl (C=O) groups is 2. The van der Waals surface area contributed by atoms with E-state index < -0.39 is 6.04 Å². The number of hydrogen-bond donors (Lipinski definition) is 1. The van der Waals surface area contributed by atoms with Crippen LogP contribution in [0.5, 0.6) is 5.75 Å². The van der Waals surface area contributed by atoms with Crippen molar-refractivity contribution in [3.8, 4) is 5.75 Å². The number of nitrogens with zero attached hydrogens (tertiary/aromatic N) is 2. The minimum atomic E-state index is -0.443. The van der Waals surface area contributed by atoms with E-state index in [0.29, 0.717) is 19.7 Å². The van der Waals surface area contributed by atoms with E-state index in [9.17, 15) is 9.59 Å². The third-order valence-corrected chi connectivity index (χ3v) is 6.30. The number of hydrogen-bond acceptors (Lipinski definition) is 4. The Morgan fingerprint density at radius 1 is 1.07 bits per heavy atom. The summed E-state index contributed by atoms with van der Waals surface area (Å²) in [5.74, 6) is 1.14. The van der Waals surface area contributed by atoms with Gasteiger partial charge >= 0.3 is 0 Å². The zero-order valence-corrected chi connectivity index (χ0v) is 18.7. The maximum absolute atomic E-state index is 13.2. The molecular weight excluding hydrogens is 378 g/mol. The second kappa shape index (κ2) is 10.7. The van der Waals surface area contributed by atoms with Crippen molar-refractivity contribution in [2.24, 2.45) is 11.8 Å².